The molecule has 4 heteroatoms. The van der Waals surface area contributed by atoms with Crippen molar-refractivity contribution in [3.05, 3.63) is 29.4 Å². The lowest BCUT2D eigenvalue weighted by Gasteiger charge is -1.96. The highest BCUT2D eigenvalue weighted by Crippen LogP contribution is 2.17. The van der Waals surface area contributed by atoms with E-state index >= 15 is 0 Å². The Hall–Kier alpha value is -1.35. The Morgan fingerprint density at radius 2 is 2.08 bits per heavy atom. The molecule has 0 saturated carbocycles. The molecule has 1 heterocycles. The SMILES string of the molecule is Oc1cnc2ccc(Cl)cc2n1. The van der Waals surface area contributed by atoms with Crippen molar-refractivity contribution in [3.63, 3.8) is 0 Å². The van der Waals surface area contributed by atoms with Crippen molar-refractivity contribution in [3.8, 4) is 5.88 Å². The average molecular weight is 181 g/mol. The van der Waals surface area contributed by atoms with E-state index in [2.05, 4.69) is 9.97 Å². The Morgan fingerprint density at radius 3 is 2.92 bits per heavy atom. The van der Waals surface area contributed by atoms with E-state index in [-0.39, 0.29) is 5.88 Å². The van der Waals surface area contributed by atoms with E-state index in [1.54, 1.807) is 18.2 Å². The van der Waals surface area contributed by atoms with Gasteiger partial charge in [0.15, 0.2) is 0 Å². The van der Waals surface area contributed by atoms with Crippen molar-refractivity contribution in [2.24, 2.45) is 0 Å². The van der Waals surface area contributed by atoms with E-state index in [1.807, 2.05) is 0 Å². The highest BCUT2D eigenvalue weighted by atomic mass is 35.5. The molecule has 0 fully saturated rings. The zero-order valence-corrected chi connectivity index (χ0v) is 6.78. The second-order valence-electron chi connectivity index (χ2n) is 2.36. The molecule has 0 radical (unpaired) electrons. The van der Waals surface area contributed by atoms with Crippen LogP contribution in [-0.2, 0) is 0 Å². The van der Waals surface area contributed by atoms with Gasteiger partial charge in [0.25, 0.3) is 0 Å². The molecule has 12 heavy (non-hydrogen) atoms. The number of hydrogen-bond acceptors (Lipinski definition) is 3. The molecule has 1 aromatic carbocycles. The van der Waals surface area contributed by atoms with Gasteiger partial charge in [0, 0.05) is 5.02 Å². The van der Waals surface area contributed by atoms with Crippen molar-refractivity contribution in [2.75, 3.05) is 0 Å². The van der Waals surface area contributed by atoms with Crippen LogP contribution in [0.4, 0.5) is 0 Å². The largest absolute Gasteiger partial charge is 0.492 e. The second-order valence-corrected chi connectivity index (χ2v) is 2.80. The Bertz CT molecular complexity index is 394. The molecule has 0 saturated heterocycles. The van der Waals surface area contributed by atoms with Gasteiger partial charge in [0.2, 0.25) is 5.88 Å². The summed E-state index contributed by atoms with van der Waals surface area (Å²) in [6, 6.07) is 5.14. The Labute approximate surface area is 73.6 Å². The molecule has 0 atom stereocenters. The summed E-state index contributed by atoms with van der Waals surface area (Å²) in [5.41, 5.74) is 1.32. The summed E-state index contributed by atoms with van der Waals surface area (Å²) in [5, 5.41) is 9.59. The van der Waals surface area contributed by atoms with Crippen LogP contribution in [0.25, 0.3) is 11.0 Å². The standard InChI is InChI=1S/C8H5ClN2O/c9-5-1-2-6-7(3-5)11-8(12)4-10-6/h1-4H,(H,11,12). The minimum Gasteiger partial charge on any atom is -0.492 e. The van der Waals surface area contributed by atoms with Gasteiger partial charge in [-0.1, -0.05) is 11.6 Å². The highest BCUT2D eigenvalue weighted by molar-refractivity contribution is 6.31. The smallest absolute Gasteiger partial charge is 0.230 e. The predicted molar refractivity (Wildman–Crippen MR) is 46.2 cm³/mol. The quantitative estimate of drug-likeness (QED) is 0.675. The third-order valence-corrected chi connectivity index (χ3v) is 1.73. The molecule has 0 unspecified atom stereocenters. The van der Waals surface area contributed by atoms with Crippen molar-refractivity contribution in [1.29, 1.82) is 0 Å². The first-order chi connectivity index (χ1) is 5.75. The van der Waals surface area contributed by atoms with Gasteiger partial charge in [0.1, 0.15) is 0 Å². The Kier molecular flexibility index (Phi) is 1.59. The molecule has 1 N–H and O–H groups in total. The summed E-state index contributed by atoms with van der Waals surface area (Å²) < 4.78 is 0. The number of rotatable bonds is 0. The summed E-state index contributed by atoms with van der Waals surface area (Å²) in [6.07, 6.45) is 1.30. The third kappa shape index (κ3) is 1.19. The molecule has 0 bridgehead atoms. The molecule has 3 nitrogen and oxygen atoms in total. The van der Waals surface area contributed by atoms with Crippen LogP contribution in [-0.4, -0.2) is 15.1 Å². The van der Waals surface area contributed by atoms with E-state index in [4.69, 9.17) is 16.7 Å². The van der Waals surface area contributed by atoms with Crippen LogP contribution in [0.15, 0.2) is 24.4 Å². The number of fused-ring (bicyclic) bond motifs is 1. The topological polar surface area (TPSA) is 46.0 Å². The number of nitrogens with zero attached hydrogens (tertiary/aromatic N) is 2. The van der Waals surface area contributed by atoms with Crippen molar-refractivity contribution < 1.29 is 5.11 Å². The molecule has 2 rings (SSSR count). The van der Waals surface area contributed by atoms with Gasteiger partial charge in [-0.15, -0.1) is 0 Å². The summed E-state index contributed by atoms with van der Waals surface area (Å²) in [4.78, 5) is 7.80. The van der Waals surface area contributed by atoms with Gasteiger partial charge in [-0.2, -0.15) is 0 Å². The molecular weight excluding hydrogens is 176 g/mol. The molecule has 0 amide bonds. The zero-order valence-electron chi connectivity index (χ0n) is 6.03. The van der Waals surface area contributed by atoms with Crippen molar-refractivity contribution in [1.82, 2.24) is 9.97 Å². The molecule has 0 spiro atoms. The predicted octanol–water partition coefficient (Wildman–Crippen LogP) is 1.99. The van der Waals surface area contributed by atoms with Crippen LogP contribution in [0, 0.1) is 0 Å². The van der Waals surface area contributed by atoms with Gasteiger partial charge in [0.05, 0.1) is 17.2 Å². The summed E-state index contributed by atoms with van der Waals surface area (Å²) in [5.74, 6) is -0.0928. The maximum atomic E-state index is 9.00. The minimum atomic E-state index is -0.0928. The third-order valence-electron chi connectivity index (χ3n) is 1.49. The van der Waals surface area contributed by atoms with Crippen LogP contribution in [0.1, 0.15) is 0 Å². The van der Waals surface area contributed by atoms with E-state index in [0.717, 1.165) is 5.52 Å². The van der Waals surface area contributed by atoms with Crippen molar-refractivity contribution >= 4 is 22.6 Å². The lowest BCUT2D eigenvalue weighted by atomic mass is 10.3. The van der Waals surface area contributed by atoms with Crippen molar-refractivity contribution in [2.45, 2.75) is 0 Å². The fourth-order valence-corrected chi connectivity index (χ4v) is 1.14. The van der Waals surface area contributed by atoms with Crippen LogP contribution < -0.4 is 0 Å². The van der Waals surface area contributed by atoms with Gasteiger partial charge in [-0.25, -0.2) is 9.97 Å². The first-order valence-corrected chi connectivity index (χ1v) is 3.75. The van der Waals surface area contributed by atoms with Crippen LogP contribution >= 0.6 is 11.6 Å². The molecule has 0 aliphatic rings. The maximum Gasteiger partial charge on any atom is 0.230 e. The van der Waals surface area contributed by atoms with E-state index in [9.17, 15) is 0 Å². The molecular formula is C8H5ClN2O. The van der Waals surface area contributed by atoms with Gasteiger partial charge in [-0.05, 0) is 18.2 Å². The first kappa shape index (κ1) is 7.31. The van der Waals surface area contributed by atoms with E-state index < -0.39 is 0 Å². The Balaban J connectivity index is 2.80. The normalized spacial score (nSPS) is 10.4. The van der Waals surface area contributed by atoms with Gasteiger partial charge >= 0.3 is 0 Å². The molecule has 1 aromatic heterocycles. The summed E-state index contributed by atoms with van der Waals surface area (Å²) >= 11 is 5.72. The van der Waals surface area contributed by atoms with Crippen LogP contribution in [0.2, 0.25) is 5.02 Å². The maximum absolute atomic E-state index is 9.00. The number of halogens is 1. The molecule has 60 valence electrons. The van der Waals surface area contributed by atoms with Crippen LogP contribution in [0.5, 0.6) is 5.88 Å². The fraction of sp³-hybridized carbons (Fsp3) is 0. The van der Waals surface area contributed by atoms with Gasteiger partial charge < -0.3 is 5.11 Å². The average Bonchev–Trinajstić information content (AvgIpc) is 2.03. The summed E-state index contributed by atoms with van der Waals surface area (Å²) in [7, 11) is 0. The summed E-state index contributed by atoms with van der Waals surface area (Å²) in [6.45, 7) is 0. The van der Waals surface area contributed by atoms with Gasteiger partial charge in [-0.3, -0.25) is 0 Å². The number of benzene rings is 1. The molecule has 0 aliphatic heterocycles. The highest BCUT2D eigenvalue weighted by Gasteiger charge is 1.97. The molecule has 2 aromatic rings. The number of aromatic nitrogens is 2. The lowest BCUT2D eigenvalue weighted by Crippen LogP contribution is -1.82. The Morgan fingerprint density at radius 1 is 1.25 bits per heavy atom. The monoisotopic (exact) mass is 180 g/mol. The first-order valence-electron chi connectivity index (χ1n) is 3.37. The lowest BCUT2D eigenvalue weighted by molar-refractivity contribution is 0.453. The van der Waals surface area contributed by atoms with Crippen LogP contribution in [0.3, 0.4) is 0 Å². The van der Waals surface area contributed by atoms with E-state index in [0.29, 0.717) is 10.5 Å². The fourth-order valence-electron chi connectivity index (χ4n) is 0.975. The zero-order chi connectivity index (χ0) is 8.55. The number of hydrogen-bond donors (Lipinski definition) is 1. The minimum absolute atomic E-state index is 0.0928. The second kappa shape index (κ2) is 2.60. The number of aromatic hydroxyl groups is 1. The van der Waals surface area contributed by atoms with E-state index in [1.165, 1.54) is 6.20 Å². The molecule has 0 aliphatic carbocycles.